The van der Waals surface area contributed by atoms with Gasteiger partial charge in [-0.2, -0.15) is 18.2 Å². The number of carbonyl (C=O) groups is 2. The van der Waals surface area contributed by atoms with E-state index in [4.69, 9.17) is 16.7 Å². The van der Waals surface area contributed by atoms with E-state index in [2.05, 4.69) is 4.99 Å². The van der Waals surface area contributed by atoms with Crippen molar-refractivity contribution in [3.05, 3.63) is 28.8 Å². The fourth-order valence-electron chi connectivity index (χ4n) is 3.12. The molecular formula is C16H14ClF3N2O5S2. The summed E-state index contributed by atoms with van der Waals surface area (Å²) < 4.78 is 63.7. The Labute approximate surface area is 172 Å². The minimum absolute atomic E-state index is 0.00334. The van der Waals surface area contributed by atoms with E-state index in [0.29, 0.717) is 0 Å². The van der Waals surface area contributed by atoms with Crippen LogP contribution in [0.15, 0.2) is 23.2 Å². The number of hydrogen-bond acceptors (Lipinski definition) is 5. The monoisotopic (exact) mass is 470 g/mol. The van der Waals surface area contributed by atoms with Gasteiger partial charge in [-0.05, 0) is 18.2 Å². The van der Waals surface area contributed by atoms with Gasteiger partial charge in [0, 0.05) is 17.4 Å². The zero-order chi connectivity index (χ0) is 21.6. The van der Waals surface area contributed by atoms with Crippen LogP contribution < -0.4 is 4.90 Å². The van der Waals surface area contributed by atoms with Crippen molar-refractivity contribution < 1.29 is 36.3 Å². The Morgan fingerprint density at radius 2 is 1.97 bits per heavy atom. The maximum absolute atomic E-state index is 13.2. The van der Waals surface area contributed by atoms with Crippen molar-refractivity contribution in [3.63, 3.8) is 0 Å². The number of amidine groups is 1. The third-order valence-corrected chi connectivity index (χ3v) is 7.91. The Kier molecular flexibility index (Phi) is 5.89. The van der Waals surface area contributed by atoms with Crippen LogP contribution in [0.5, 0.6) is 0 Å². The summed E-state index contributed by atoms with van der Waals surface area (Å²) in [5.41, 5.74) is -1.09. The Bertz CT molecular complexity index is 997. The van der Waals surface area contributed by atoms with Gasteiger partial charge >= 0.3 is 12.1 Å². The van der Waals surface area contributed by atoms with E-state index in [1.54, 1.807) is 0 Å². The summed E-state index contributed by atoms with van der Waals surface area (Å²) in [6.07, 6.45) is -5.55. The number of aliphatic carboxylic acids is 1. The van der Waals surface area contributed by atoms with Gasteiger partial charge in [-0.25, -0.2) is 8.42 Å². The van der Waals surface area contributed by atoms with Gasteiger partial charge in [-0.1, -0.05) is 23.4 Å². The van der Waals surface area contributed by atoms with Crippen LogP contribution in [-0.4, -0.2) is 53.4 Å². The van der Waals surface area contributed by atoms with Gasteiger partial charge in [-0.15, -0.1) is 0 Å². The zero-order valence-corrected chi connectivity index (χ0v) is 16.9. The second-order valence-electron chi connectivity index (χ2n) is 6.51. The number of halogens is 4. The number of alkyl halides is 3. The standard InChI is InChI=1S/C16H14ClF3N2O5S2/c17-10-2-1-8(5-9(10)16(18,19)20)22-11-6-29(26,27)7-12(11)28-15(22)21-13(23)3-4-14(24)25/h1-2,5,11-12H,3-4,6-7H2,(H,24,25). The topological polar surface area (TPSA) is 104 Å². The number of carbonyl (C=O) groups excluding carboxylic acids is 1. The Morgan fingerprint density at radius 3 is 2.59 bits per heavy atom. The number of thioether (sulfide) groups is 1. The van der Waals surface area contributed by atoms with Crippen molar-refractivity contribution >= 4 is 55.9 Å². The third-order valence-electron chi connectivity index (χ3n) is 4.37. The zero-order valence-electron chi connectivity index (χ0n) is 14.5. The number of sulfone groups is 1. The van der Waals surface area contributed by atoms with Gasteiger partial charge in [0.1, 0.15) is 0 Å². The smallest absolute Gasteiger partial charge is 0.417 e. The van der Waals surface area contributed by atoms with Crippen LogP contribution in [0.25, 0.3) is 0 Å². The molecule has 0 aliphatic carbocycles. The van der Waals surface area contributed by atoms with Crippen molar-refractivity contribution in [1.82, 2.24) is 0 Å². The highest BCUT2D eigenvalue weighted by Crippen LogP contribution is 2.43. The van der Waals surface area contributed by atoms with Crippen LogP contribution in [0.2, 0.25) is 5.02 Å². The predicted molar refractivity (Wildman–Crippen MR) is 102 cm³/mol. The van der Waals surface area contributed by atoms with Crippen LogP contribution in [-0.2, 0) is 25.6 Å². The molecule has 0 aromatic heterocycles. The molecule has 2 heterocycles. The summed E-state index contributed by atoms with van der Waals surface area (Å²) in [5, 5.41) is 7.70. The SMILES string of the molecule is O=C(O)CCC(=O)N=C1SC2CS(=O)(=O)CC2N1c1ccc(Cl)c(C(F)(F)F)c1. The molecule has 0 radical (unpaired) electrons. The van der Waals surface area contributed by atoms with E-state index in [9.17, 15) is 31.2 Å². The maximum Gasteiger partial charge on any atom is 0.417 e. The van der Waals surface area contributed by atoms with Gasteiger partial charge in [0.05, 0.1) is 34.6 Å². The van der Waals surface area contributed by atoms with Gasteiger partial charge in [0.25, 0.3) is 0 Å². The normalized spacial score (nSPS) is 24.7. The van der Waals surface area contributed by atoms with Crippen LogP contribution in [0.1, 0.15) is 18.4 Å². The van der Waals surface area contributed by atoms with Gasteiger partial charge in [0.15, 0.2) is 15.0 Å². The van der Waals surface area contributed by atoms with Crippen LogP contribution in [0.4, 0.5) is 18.9 Å². The van der Waals surface area contributed by atoms with Crippen molar-refractivity contribution in [1.29, 1.82) is 0 Å². The summed E-state index contributed by atoms with van der Waals surface area (Å²) in [6, 6.07) is 2.43. The highest BCUT2D eigenvalue weighted by atomic mass is 35.5. The van der Waals surface area contributed by atoms with E-state index in [1.165, 1.54) is 11.0 Å². The molecule has 13 heteroatoms. The molecule has 0 spiro atoms. The molecule has 2 saturated heterocycles. The quantitative estimate of drug-likeness (QED) is 0.721. The molecule has 2 fully saturated rings. The molecular weight excluding hydrogens is 457 g/mol. The lowest BCUT2D eigenvalue weighted by Crippen LogP contribution is -2.37. The Hall–Kier alpha value is -1.79. The van der Waals surface area contributed by atoms with E-state index in [-0.39, 0.29) is 28.8 Å². The van der Waals surface area contributed by atoms with E-state index < -0.39 is 56.2 Å². The molecule has 1 aromatic carbocycles. The number of benzene rings is 1. The Morgan fingerprint density at radius 1 is 1.28 bits per heavy atom. The molecule has 2 aliphatic heterocycles. The van der Waals surface area contributed by atoms with Crippen LogP contribution >= 0.6 is 23.4 Å². The number of anilines is 1. The average molecular weight is 471 g/mol. The number of carboxylic acids is 1. The second kappa shape index (κ2) is 7.80. The Balaban J connectivity index is 2.01. The van der Waals surface area contributed by atoms with Crippen LogP contribution in [0.3, 0.4) is 0 Å². The van der Waals surface area contributed by atoms with E-state index >= 15 is 0 Å². The minimum atomic E-state index is -4.73. The first-order chi connectivity index (χ1) is 13.4. The van der Waals surface area contributed by atoms with Crippen molar-refractivity contribution in [2.75, 3.05) is 16.4 Å². The molecule has 7 nitrogen and oxygen atoms in total. The molecule has 0 bridgehead atoms. The van der Waals surface area contributed by atoms with Crippen molar-refractivity contribution in [3.8, 4) is 0 Å². The summed E-state index contributed by atoms with van der Waals surface area (Å²) in [6.45, 7) is 0. The largest absolute Gasteiger partial charge is 0.481 e. The number of aliphatic imine (C=N–C) groups is 1. The molecule has 1 aromatic rings. The number of carboxylic acid groups (broad SMARTS) is 1. The highest BCUT2D eigenvalue weighted by Gasteiger charge is 2.49. The van der Waals surface area contributed by atoms with E-state index in [1.807, 2.05) is 0 Å². The predicted octanol–water partition coefficient (Wildman–Crippen LogP) is 2.83. The lowest BCUT2D eigenvalue weighted by Gasteiger charge is -2.25. The summed E-state index contributed by atoms with van der Waals surface area (Å²) in [4.78, 5) is 27.8. The number of amides is 1. The number of nitrogens with zero attached hydrogens (tertiary/aromatic N) is 2. The minimum Gasteiger partial charge on any atom is -0.481 e. The molecule has 1 amide bonds. The highest BCUT2D eigenvalue weighted by molar-refractivity contribution is 8.16. The lowest BCUT2D eigenvalue weighted by atomic mass is 10.1. The maximum atomic E-state index is 13.2. The number of hydrogen-bond donors (Lipinski definition) is 1. The first-order valence-electron chi connectivity index (χ1n) is 8.24. The first kappa shape index (κ1) is 21.9. The van der Waals surface area contributed by atoms with E-state index in [0.717, 1.165) is 23.9 Å². The fraction of sp³-hybridized carbons (Fsp3) is 0.438. The summed E-state index contributed by atoms with van der Waals surface area (Å²) in [5.74, 6) is -2.43. The lowest BCUT2D eigenvalue weighted by molar-refractivity contribution is -0.138. The van der Waals surface area contributed by atoms with Crippen molar-refractivity contribution in [2.24, 2.45) is 4.99 Å². The third kappa shape index (κ3) is 4.86. The van der Waals surface area contributed by atoms with Crippen LogP contribution in [0, 0.1) is 0 Å². The molecule has 2 unspecified atom stereocenters. The van der Waals surface area contributed by atoms with Gasteiger partial charge in [0.2, 0.25) is 5.91 Å². The molecule has 1 N–H and O–H groups in total. The molecule has 29 heavy (non-hydrogen) atoms. The summed E-state index contributed by atoms with van der Waals surface area (Å²) >= 11 is 6.64. The fourth-order valence-corrected chi connectivity index (χ4v) is 7.28. The number of rotatable bonds is 4. The molecule has 2 aliphatic rings. The van der Waals surface area contributed by atoms with Crippen molar-refractivity contribution in [2.45, 2.75) is 30.3 Å². The molecule has 3 rings (SSSR count). The second-order valence-corrected chi connectivity index (χ2v) is 10.3. The summed E-state index contributed by atoms with van der Waals surface area (Å²) in [7, 11) is -3.39. The number of fused-ring (bicyclic) bond motifs is 1. The van der Waals surface area contributed by atoms with Gasteiger partial charge in [-0.3, -0.25) is 9.59 Å². The average Bonchev–Trinajstić information content (AvgIpc) is 3.03. The molecule has 2 atom stereocenters. The van der Waals surface area contributed by atoms with Gasteiger partial charge < -0.3 is 10.0 Å². The molecule has 158 valence electrons. The molecule has 0 saturated carbocycles. The first-order valence-corrected chi connectivity index (χ1v) is 11.3.